The Hall–Kier alpha value is -2.27. The second-order valence-corrected chi connectivity index (χ2v) is 4.56. The van der Waals surface area contributed by atoms with Crippen molar-refractivity contribution in [3.05, 3.63) is 48.0 Å². The van der Waals surface area contributed by atoms with Crippen LogP contribution in [-0.4, -0.2) is 5.91 Å². The minimum atomic E-state index is -0.0172. The Kier molecular flexibility index (Phi) is 4.20. The number of amides is 1. The molecular formula is C17H17NO. The fourth-order valence-corrected chi connectivity index (χ4v) is 2.21. The van der Waals surface area contributed by atoms with E-state index in [1.807, 2.05) is 25.1 Å². The van der Waals surface area contributed by atoms with E-state index in [1.54, 1.807) is 0 Å². The summed E-state index contributed by atoms with van der Waals surface area (Å²) in [5.41, 5.74) is 1.13. The molecule has 0 saturated carbocycles. The lowest BCUT2D eigenvalue weighted by molar-refractivity contribution is -0.121. The second kappa shape index (κ2) is 6.06. The summed E-state index contributed by atoms with van der Waals surface area (Å²) >= 11 is 0. The summed E-state index contributed by atoms with van der Waals surface area (Å²) in [5.74, 6) is 2.48. The monoisotopic (exact) mass is 251 g/mol. The van der Waals surface area contributed by atoms with Crippen LogP contribution in [0.1, 0.15) is 31.4 Å². The third-order valence-corrected chi connectivity index (χ3v) is 3.16. The maximum atomic E-state index is 11.7. The molecule has 19 heavy (non-hydrogen) atoms. The lowest BCUT2D eigenvalue weighted by Crippen LogP contribution is -2.26. The molecule has 0 fully saturated rings. The van der Waals surface area contributed by atoms with Crippen molar-refractivity contribution in [3.63, 3.8) is 0 Å². The first-order valence-electron chi connectivity index (χ1n) is 6.43. The molecule has 0 unspecified atom stereocenters. The van der Waals surface area contributed by atoms with Crippen LogP contribution < -0.4 is 5.32 Å². The minimum Gasteiger partial charge on any atom is -0.350 e. The number of nitrogens with one attached hydrogen (secondary N) is 1. The number of hydrogen-bond donors (Lipinski definition) is 1. The van der Waals surface area contributed by atoms with E-state index in [-0.39, 0.29) is 11.9 Å². The zero-order chi connectivity index (χ0) is 13.7. The fourth-order valence-electron chi connectivity index (χ4n) is 2.21. The van der Waals surface area contributed by atoms with Crippen LogP contribution >= 0.6 is 0 Å². The number of hydrogen-bond acceptors (Lipinski definition) is 1. The largest absolute Gasteiger partial charge is 0.350 e. The highest BCUT2D eigenvalue weighted by atomic mass is 16.1. The van der Waals surface area contributed by atoms with Crippen molar-refractivity contribution >= 4 is 16.7 Å². The highest BCUT2D eigenvalue weighted by Crippen LogP contribution is 2.23. The molecule has 2 rings (SSSR count). The van der Waals surface area contributed by atoms with Crippen molar-refractivity contribution in [2.45, 2.75) is 25.8 Å². The van der Waals surface area contributed by atoms with Crippen LogP contribution in [0.5, 0.6) is 0 Å². The lowest BCUT2D eigenvalue weighted by atomic mass is 9.99. The number of benzene rings is 2. The SMILES string of the molecule is C#CCCC(=O)N[C@@H](C)c1cccc2ccccc12. The molecule has 1 N–H and O–H groups in total. The van der Waals surface area contributed by atoms with E-state index in [0.29, 0.717) is 12.8 Å². The molecule has 0 saturated heterocycles. The lowest BCUT2D eigenvalue weighted by Gasteiger charge is -2.16. The number of carbonyl (C=O) groups excluding carboxylic acids is 1. The van der Waals surface area contributed by atoms with Crippen molar-refractivity contribution in [1.82, 2.24) is 5.32 Å². The third kappa shape index (κ3) is 3.14. The normalized spacial score (nSPS) is 11.8. The number of rotatable bonds is 4. The molecule has 0 heterocycles. The predicted molar refractivity (Wildman–Crippen MR) is 78.6 cm³/mol. The van der Waals surface area contributed by atoms with E-state index in [0.717, 1.165) is 5.56 Å². The quantitative estimate of drug-likeness (QED) is 0.829. The minimum absolute atomic E-state index is 0.00150. The standard InChI is InChI=1S/C17H17NO/c1-3-4-12-17(19)18-13(2)15-11-7-9-14-8-5-6-10-16(14)15/h1,5-11,13H,4,12H2,2H3,(H,18,19)/t13-/m0/s1. The van der Waals surface area contributed by atoms with Gasteiger partial charge in [0.2, 0.25) is 5.91 Å². The summed E-state index contributed by atoms with van der Waals surface area (Å²) in [6.45, 7) is 2.00. The van der Waals surface area contributed by atoms with Crippen molar-refractivity contribution < 1.29 is 4.79 Å². The zero-order valence-electron chi connectivity index (χ0n) is 11.0. The maximum absolute atomic E-state index is 11.7. The van der Waals surface area contributed by atoms with Crippen molar-refractivity contribution in [2.75, 3.05) is 0 Å². The van der Waals surface area contributed by atoms with Crippen LogP contribution in [0.2, 0.25) is 0 Å². The van der Waals surface area contributed by atoms with E-state index in [1.165, 1.54) is 10.8 Å². The molecule has 2 nitrogen and oxygen atoms in total. The van der Waals surface area contributed by atoms with Gasteiger partial charge in [-0.2, -0.15) is 0 Å². The van der Waals surface area contributed by atoms with Crippen molar-refractivity contribution in [3.8, 4) is 12.3 Å². The molecule has 2 heteroatoms. The van der Waals surface area contributed by atoms with Crippen LogP contribution in [0.25, 0.3) is 10.8 Å². The third-order valence-electron chi connectivity index (χ3n) is 3.16. The Morgan fingerprint density at radius 2 is 2.00 bits per heavy atom. The molecule has 0 aromatic heterocycles. The fraction of sp³-hybridized carbons (Fsp3) is 0.235. The summed E-state index contributed by atoms with van der Waals surface area (Å²) in [6.07, 6.45) is 6.02. The molecule has 1 atom stereocenters. The molecule has 0 bridgehead atoms. The predicted octanol–water partition coefficient (Wildman–Crippen LogP) is 3.43. The highest BCUT2D eigenvalue weighted by molar-refractivity contribution is 5.86. The maximum Gasteiger partial charge on any atom is 0.221 e. The van der Waals surface area contributed by atoms with Gasteiger partial charge in [-0.25, -0.2) is 0 Å². The van der Waals surface area contributed by atoms with Gasteiger partial charge in [0.25, 0.3) is 0 Å². The van der Waals surface area contributed by atoms with Crippen molar-refractivity contribution in [2.24, 2.45) is 0 Å². The van der Waals surface area contributed by atoms with Gasteiger partial charge in [0.15, 0.2) is 0 Å². The first-order valence-corrected chi connectivity index (χ1v) is 6.43. The summed E-state index contributed by atoms with van der Waals surface area (Å²) in [7, 11) is 0. The van der Waals surface area contributed by atoms with Gasteiger partial charge < -0.3 is 5.32 Å². The van der Waals surface area contributed by atoms with E-state index >= 15 is 0 Å². The first kappa shape index (κ1) is 13.2. The van der Waals surface area contributed by atoms with Gasteiger partial charge in [-0.1, -0.05) is 42.5 Å². The van der Waals surface area contributed by atoms with Crippen LogP contribution in [0.3, 0.4) is 0 Å². The van der Waals surface area contributed by atoms with E-state index in [2.05, 4.69) is 35.5 Å². The van der Waals surface area contributed by atoms with Crippen molar-refractivity contribution in [1.29, 1.82) is 0 Å². The molecule has 2 aromatic carbocycles. The van der Waals surface area contributed by atoms with Gasteiger partial charge in [-0.3, -0.25) is 4.79 Å². The van der Waals surface area contributed by atoms with E-state index < -0.39 is 0 Å². The summed E-state index contributed by atoms with van der Waals surface area (Å²) in [6, 6.07) is 14.3. The topological polar surface area (TPSA) is 29.1 Å². The van der Waals surface area contributed by atoms with Gasteiger partial charge in [0.1, 0.15) is 0 Å². The molecule has 1 amide bonds. The van der Waals surface area contributed by atoms with Gasteiger partial charge >= 0.3 is 0 Å². The number of fused-ring (bicyclic) bond motifs is 1. The number of terminal acetylenes is 1. The molecule has 0 aliphatic carbocycles. The highest BCUT2D eigenvalue weighted by Gasteiger charge is 2.11. The molecule has 96 valence electrons. The molecular weight excluding hydrogens is 234 g/mol. The van der Waals surface area contributed by atoms with E-state index in [4.69, 9.17) is 6.42 Å². The Labute approximate surface area is 113 Å². The molecule has 0 aliphatic rings. The molecule has 0 radical (unpaired) electrons. The Morgan fingerprint density at radius 3 is 2.79 bits per heavy atom. The van der Waals surface area contributed by atoms with Crippen LogP contribution in [0.4, 0.5) is 0 Å². The average Bonchev–Trinajstić information content (AvgIpc) is 2.44. The molecule has 0 aliphatic heterocycles. The first-order chi connectivity index (χ1) is 9.22. The second-order valence-electron chi connectivity index (χ2n) is 4.56. The van der Waals surface area contributed by atoms with E-state index in [9.17, 15) is 4.79 Å². The van der Waals surface area contributed by atoms with Gasteiger partial charge in [0, 0.05) is 12.8 Å². The summed E-state index contributed by atoms with van der Waals surface area (Å²) in [5, 5.41) is 5.35. The Morgan fingerprint density at radius 1 is 1.26 bits per heavy atom. The molecule has 0 spiro atoms. The smallest absolute Gasteiger partial charge is 0.221 e. The van der Waals surface area contributed by atoms with Crippen LogP contribution in [0, 0.1) is 12.3 Å². The number of carbonyl (C=O) groups is 1. The van der Waals surface area contributed by atoms with Gasteiger partial charge in [-0.15, -0.1) is 12.3 Å². The van der Waals surface area contributed by atoms with Crippen LogP contribution in [-0.2, 0) is 4.79 Å². The molecule has 2 aromatic rings. The Balaban J connectivity index is 2.20. The van der Waals surface area contributed by atoms with Gasteiger partial charge in [0.05, 0.1) is 6.04 Å². The van der Waals surface area contributed by atoms with Crippen LogP contribution in [0.15, 0.2) is 42.5 Å². The Bertz CT molecular complexity index is 619. The average molecular weight is 251 g/mol. The summed E-state index contributed by atoms with van der Waals surface area (Å²) < 4.78 is 0. The summed E-state index contributed by atoms with van der Waals surface area (Å²) in [4.78, 5) is 11.7. The van der Waals surface area contributed by atoms with Gasteiger partial charge in [-0.05, 0) is 23.3 Å². The zero-order valence-corrected chi connectivity index (χ0v) is 11.0.